The summed E-state index contributed by atoms with van der Waals surface area (Å²) in [6.07, 6.45) is 3.31. The van der Waals surface area contributed by atoms with Crippen LogP contribution < -0.4 is 4.74 Å². The third kappa shape index (κ3) is 2.12. The summed E-state index contributed by atoms with van der Waals surface area (Å²) in [5.41, 5.74) is 1.11. The van der Waals surface area contributed by atoms with E-state index in [1.807, 2.05) is 29.1 Å². The number of rotatable bonds is 4. The lowest BCUT2D eigenvalue weighted by Gasteiger charge is -2.31. The summed E-state index contributed by atoms with van der Waals surface area (Å²) in [6, 6.07) is 6.36. The van der Waals surface area contributed by atoms with E-state index in [-0.39, 0.29) is 6.10 Å². The summed E-state index contributed by atoms with van der Waals surface area (Å²) < 4.78 is 7.58. The number of aromatic nitrogens is 2. The fraction of sp³-hybridized carbons (Fsp3) is 0.462. The van der Waals surface area contributed by atoms with Gasteiger partial charge < -0.3 is 9.84 Å². The highest BCUT2D eigenvalue weighted by Gasteiger charge is 2.30. The van der Waals surface area contributed by atoms with E-state index in [0.29, 0.717) is 12.6 Å². The van der Waals surface area contributed by atoms with Gasteiger partial charge >= 0.3 is 0 Å². The third-order valence-electron chi connectivity index (χ3n) is 3.35. The molecule has 2 aromatic rings. The smallest absolute Gasteiger partial charge is 0.120 e. The number of aliphatic hydroxyl groups is 1. The monoisotopic (exact) mass is 310 g/mol. The van der Waals surface area contributed by atoms with E-state index in [9.17, 15) is 5.11 Å². The average molecular weight is 311 g/mol. The van der Waals surface area contributed by atoms with Gasteiger partial charge in [-0.2, -0.15) is 5.10 Å². The largest absolute Gasteiger partial charge is 0.493 e. The van der Waals surface area contributed by atoms with Gasteiger partial charge in [-0.1, -0.05) is 15.9 Å². The Kier molecular flexibility index (Phi) is 3.26. The van der Waals surface area contributed by atoms with Crippen LogP contribution in [0.3, 0.4) is 0 Å². The van der Waals surface area contributed by atoms with Crippen molar-refractivity contribution in [3.63, 3.8) is 0 Å². The third-order valence-corrected chi connectivity index (χ3v) is 3.67. The predicted molar refractivity (Wildman–Crippen MR) is 73.3 cm³/mol. The summed E-state index contributed by atoms with van der Waals surface area (Å²) >= 11 is 3.34. The van der Waals surface area contributed by atoms with Crippen LogP contribution in [0, 0.1) is 0 Å². The molecule has 1 fully saturated rings. The molecule has 1 aliphatic rings. The van der Waals surface area contributed by atoms with Crippen molar-refractivity contribution in [1.82, 2.24) is 9.78 Å². The summed E-state index contributed by atoms with van der Waals surface area (Å²) in [4.78, 5) is 0. The van der Waals surface area contributed by atoms with Gasteiger partial charge in [-0.05, 0) is 31.0 Å². The van der Waals surface area contributed by atoms with Crippen molar-refractivity contribution >= 4 is 26.8 Å². The average Bonchev–Trinajstić information content (AvgIpc) is 2.75. The highest BCUT2D eigenvalue weighted by Crippen LogP contribution is 2.34. The first-order valence-electron chi connectivity index (χ1n) is 6.12. The van der Waals surface area contributed by atoms with E-state index < -0.39 is 0 Å². The second-order valence-electron chi connectivity index (χ2n) is 4.63. The molecule has 4 nitrogen and oxygen atoms in total. The molecule has 0 aliphatic heterocycles. The van der Waals surface area contributed by atoms with Gasteiger partial charge in [-0.3, -0.25) is 4.68 Å². The number of halogens is 1. The highest BCUT2D eigenvalue weighted by molar-refractivity contribution is 9.09. The molecule has 0 saturated heterocycles. The molecular formula is C13H15BrN2O2. The molecule has 18 heavy (non-hydrogen) atoms. The topological polar surface area (TPSA) is 47.3 Å². The van der Waals surface area contributed by atoms with Crippen LogP contribution in [0.4, 0.5) is 0 Å². The molecule has 0 radical (unpaired) electrons. The van der Waals surface area contributed by atoms with Crippen LogP contribution in [-0.2, 0) is 0 Å². The van der Waals surface area contributed by atoms with Gasteiger partial charge in [0.15, 0.2) is 0 Å². The molecule has 1 aromatic heterocycles. The lowest BCUT2D eigenvalue weighted by atomic mass is 9.89. The lowest BCUT2D eigenvalue weighted by molar-refractivity contribution is 0.0453. The SMILES string of the molecule is O[C@H]1C[C@@H](n2ncc3cc(OCCBr)ccc32)C1. The summed E-state index contributed by atoms with van der Waals surface area (Å²) in [6.45, 7) is 0.661. The van der Waals surface area contributed by atoms with Gasteiger partial charge in [0.1, 0.15) is 5.75 Å². The lowest BCUT2D eigenvalue weighted by Crippen LogP contribution is -2.31. The number of alkyl halides is 1. The van der Waals surface area contributed by atoms with E-state index in [1.54, 1.807) is 0 Å². The Bertz CT molecular complexity index is 549. The van der Waals surface area contributed by atoms with Crippen LogP contribution in [0.1, 0.15) is 18.9 Å². The van der Waals surface area contributed by atoms with Gasteiger partial charge in [-0.25, -0.2) is 0 Å². The Labute approximate surface area is 114 Å². The van der Waals surface area contributed by atoms with Crippen LogP contribution in [0.2, 0.25) is 0 Å². The number of ether oxygens (including phenoxy) is 1. The zero-order valence-electron chi connectivity index (χ0n) is 9.92. The summed E-state index contributed by atoms with van der Waals surface area (Å²) in [5.74, 6) is 0.871. The van der Waals surface area contributed by atoms with Crippen molar-refractivity contribution in [2.24, 2.45) is 0 Å². The molecule has 0 spiro atoms. The van der Waals surface area contributed by atoms with Crippen LogP contribution in [-0.4, -0.2) is 32.9 Å². The minimum atomic E-state index is -0.157. The van der Waals surface area contributed by atoms with E-state index in [2.05, 4.69) is 21.0 Å². The molecule has 5 heteroatoms. The number of nitrogens with zero attached hydrogens (tertiary/aromatic N) is 2. The Morgan fingerprint density at radius 2 is 2.28 bits per heavy atom. The van der Waals surface area contributed by atoms with E-state index in [0.717, 1.165) is 34.8 Å². The van der Waals surface area contributed by atoms with Crippen LogP contribution in [0.5, 0.6) is 5.75 Å². The van der Waals surface area contributed by atoms with Gasteiger partial charge in [0.05, 0.1) is 30.5 Å². The molecule has 0 unspecified atom stereocenters. The molecule has 1 saturated carbocycles. The molecule has 3 rings (SSSR count). The molecule has 1 aromatic carbocycles. The second-order valence-corrected chi connectivity index (χ2v) is 5.42. The highest BCUT2D eigenvalue weighted by atomic mass is 79.9. The molecule has 1 aliphatic carbocycles. The van der Waals surface area contributed by atoms with Gasteiger partial charge in [0.25, 0.3) is 0 Å². The quantitative estimate of drug-likeness (QED) is 0.883. The maximum absolute atomic E-state index is 9.36. The van der Waals surface area contributed by atoms with Crippen molar-refractivity contribution in [2.45, 2.75) is 25.0 Å². The zero-order chi connectivity index (χ0) is 12.5. The zero-order valence-corrected chi connectivity index (χ0v) is 11.5. The van der Waals surface area contributed by atoms with Crippen LogP contribution >= 0.6 is 15.9 Å². The Morgan fingerprint density at radius 1 is 1.44 bits per heavy atom. The molecule has 0 atom stereocenters. The number of benzene rings is 1. The maximum Gasteiger partial charge on any atom is 0.120 e. The Balaban J connectivity index is 1.86. The molecule has 0 amide bonds. The Hall–Kier alpha value is -1.07. The minimum Gasteiger partial charge on any atom is -0.493 e. The first-order chi connectivity index (χ1) is 8.78. The van der Waals surface area contributed by atoms with Crippen molar-refractivity contribution in [1.29, 1.82) is 0 Å². The van der Waals surface area contributed by atoms with E-state index >= 15 is 0 Å². The Morgan fingerprint density at radius 3 is 3.00 bits per heavy atom. The number of hydrogen-bond acceptors (Lipinski definition) is 3. The molecule has 1 N–H and O–H groups in total. The fourth-order valence-corrected chi connectivity index (χ4v) is 2.49. The summed E-state index contributed by atoms with van der Waals surface area (Å²) in [7, 11) is 0. The number of hydrogen-bond donors (Lipinski definition) is 1. The number of fused-ring (bicyclic) bond motifs is 1. The first kappa shape index (κ1) is 12.0. The van der Waals surface area contributed by atoms with Crippen LogP contribution in [0.25, 0.3) is 10.9 Å². The molecular weight excluding hydrogens is 296 g/mol. The van der Waals surface area contributed by atoms with E-state index in [4.69, 9.17) is 4.74 Å². The standard InChI is InChI=1S/C13H15BrN2O2/c14-3-4-18-12-1-2-13-9(5-12)8-15-16(13)10-6-11(17)7-10/h1-2,5,8,10-11,17H,3-4,6-7H2/t10-,11+. The molecule has 96 valence electrons. The van der Waals surface area contributed by atoms with E-state index in [1.165, 1.54) is 0 Å². The normalized spacial score (nSPS) is 23.0. The van der Waals surface area contributed by atoms with Gasteiger partial charge in [0.2, 0.25) is 0 Å². The van der Waals surface area contributed by atoms with Gasteiger partial charge in [-0.15, -0.1) is 0 Å². The van der Waals surface area contributed by atoms with Crippen molar-refractivity contribution in [2.75, 3.05) is 11.9 Å². The van der Waals surface area contributed by atoms with Crippen molar-refractivity contribution < 1.29 is 9.84 Å². The van der Waals surface area contributed by atoms with Gasteiger partial charge in [0, 0.05) is 10.7 Å². The minimum absolute atomic E-state index is 0.157. The number of aliphatic hydroxyl groups excluding tert-OH is 1. The van der Waals surface area contributed by atoms with Crippen molar-refractivity contribution in [3.8, 4) is 5.75 Å². The predicted octanol–water partition coefficient (Wildman–Crippen LogP) is 2.51. The molecule has 1 heterocycles. The fourth-order valence-electron chi connectivity index (χ4n) is 2.33. The first-order valence-corrected chi connectivity index (χ1v) is 7.24. The van der Waals surface area contributed by atoms with Crippen LogP contribution in [0.15, 0.2) is 24.4 Å². The van der Waals surface area contributed by atoms with Crippen molar-refractivity contribution in [3.05, 3.63) is 24.4 Å². The molecule has 0 bridgehead atoms. The summed E-state index contributed by atoms with van der Waals surface area (Å²) in [5, 5.41) is 15.7. The maximum atomic E-state index is 9.36. The second kappa shape index (κ2) is 4.90.